The van der Waals surface area contributed by atoms with Crippen molar-refractivity contribution in [2.45, 2.75) is 12.5 Å². The summed E-state index contributed by atoms with van der Waals surface area (Å²) < 4.78 is 7.37. The first-order valence-electron chi connectivity index (χ1n) is 6.58. The Morgan fingerprint density at radius 3 is 2.95 bits per heavy atom. The molecule has 0 saturated carbocycles. The Bertz CT molecular complexity index is 772. The number of rotatable bonds is 4. The summed E-state index contributed by atoms with van der Waals surface area (Å²) in [6.45, 7) is 0. The van der Waals surface area contributed by atoms with Crippen molar-refractivity contribution in [2.24, 2.45) is 5.73 Å². The Kier molecular flexibility index (Phi) is 4.24. The van der Waals surface area contributed by atoms with E-state index in [0.29, 0.717) is 0 Å². The largest absolute Gasteiger partial charge is 0.496 e. The maximum Gasteiger partial charge on any atom is 0.133 e. The van der Waals surface area contributed by atoms with Crippen LogP contribution in [0.2, 0.25) is 0 Å². The summed E-state index contributed by atoms with van der Waals surface area (Å²) in [5, 5.41) is 2.05. The molecule has 3 rings (SSSR count). The zero-order valence-corrected chi connectivity index (χ0v) is 13.9. The second kappa shape index (κ2) is 6.13. The first kappa shape index (κ1) is 14.5. The first-order chi connectivity index (χ1) is 10.2. The van der Waals surface area contributed by atoms with Crippen LogP contribution >= 0.6 is 27.3 Å². The number of hydrogen-bond acceptors (Lipinski definition) is 4. The molecule has 0 saturated heterocycles. The van der Waals surface area contributed by atoms with Gasteiger partial charge in [0.25, 0.3) is 0 Å². The van der Waals surface area contributed by atoms with Gasteiger partial charge in [-0.25, -0.2) is 0 Å². The molecule has 2 heterocycles. The lowest BCUT2D eigenvalue weighted by molar-refractivity contribution is 0.412. The fourth-order valence-corrected chi connectivity index (χ4v) is 3.65. The standard InChI is InChI=1S/C16H15BrN2OS/c1-20-15-3-2-10(6-12(15)17)7-13(18)11-8-16-14(19-9-11)4-5-21-16/h2-6,8-9,13H,7,18H2,1H3. The van der Waals surface area contributed by atoms with Gasteiger partial charge in [0.15, 0.2) is 0 Å². The summed E-state index contributed by atoms with van der Waals surface area (Å²) >= 11 is 5.19. The highest BCUT2D eigenvalue weighted by Crippen LogP contribution is 2.28. The van der Waals surface area contributed by atoms with E-state index in [-0.39, 0.29) is 6.04 Å². The van der Waals surface area contributed by atoms with E-state index in [0.717, 1.165) is 27.7 Å². The van der Waals surface area contributed by atoms with Crippen molar-refractivity contribution in [3.05, 3.63) is 57.5 Å². The van der Waals surface area contributed by atoms with E-state index in [1.54, 1.807) is 18.4 Å². The number of nitrogens with zero attached hydrogens (tertiary/aromatic N) is 1. The molecule has 3 aromatic rings. The predicted octanol–water partition coefficient (Wildman–Crippen LogP) is 4.31. The molecule has 2 aromatic heterocycles. The van der Waals surface area contributed by atoms with Gasteiger partial charge in [0.05, 0.1) is 21.8 Å². The average molecular weight is 363 g/mol. The van der Waals surface area contributed by atoms with Crippen LogP contribution in [-0.2, 0) is 6.42 Å². The van der Waals surface area contributed by atoms with Crippen molar-refractivity contribution in [1.29, 1.82) is 0 Å². The topological polar surface area (TPSA) is 48.1 Å². The molecular weight excluding hydrogens is 348 g/mol. The normalized spacial score (nSPS) is 12.5. The third-order valence-corrected chi connectivity index (χ3v) is 4.90. The number of nitrogens with two attached hydrogens (primary N) is 1. The SMILES string of the molecule is COc1ccc(CC(N)c2cnc3ccsc3c2)cc1Br. The van der Waals surface area contributed by atoms with Gasteiger partial charge in [0.2, 0.25) is 0 Å². The van der Waals surface area contributed by atoms with E-state index in [4.69, 9.17) is 10.5 Å². The van der Waals surface area contributed by atoms with Crippen LogP contribution in [0.4, 0.5) is 0 Å². The van der Waals surface area contributed by atoms with Crippen LogP contribution in [0.25, 0.3) is 10.2 Å². The second-order valence-electron chi connectivity index (χ2n) is 4.85. The van der Waals surface area contributed by atoms with Crippen LogP contribution in [0.3, 0.4) is 0 Å². The van der Waals surface area contributed by atoms with Crippen molar-refractivity contribution in [1.82, 2.24) is 4.98 Å². The number of aromatic nitrogens is 1. The molecule has 21 heavy (non-hydrogen) atoms. The second-order valence-corrected chi connectivity index (χ2v) is 6.65. The van der Waals surface area contributed by atoms with Gasteiger partial charge in [-0.3, -0.25) is 4.98 Å². The molecular formula is C16H15BrN2OS. The van der Waals surface area contributed by atoms with Crippen LogP contribution in [0.15, 0.2) is 46.4 Å². The lowest BCUT2D eigenvalue weighted by Crippen LogP contribution is -2.13. The van der Waals surface area contributed by atoms with Gasteiger partial charge in [-0.2, -0.15) is 0 Å². The molecule has 0 amide bonds. The Hall–Kier alpha value is -1.43. The first-order valence-corrected chi connectivity index (χ1v) is 8.26. The number of methoxy groups -OCH3 is 1. The van der Waals surface area contributed by atoms with Crippen LogP contribution in [0.1, 0.15) is 17.2 Å². The van der Waals surface area contributed by atoms with Crippen molar-refractivity contribution >= 4 is 37.5 Å². The number of benzene rings is 1. The van der Waals surface area contributed by atoms with E-state index < -0.39 is 0 Å². The van der Waals surface area contributed by atoms with Gasteiger partial charge in [-0.05, 0) is 63.1 Å². The monoisotopic (exact) mass is 362 g/mol. The molecule has 3 nitrogen and oxygen atoms in total. The molecule has 1 unspecified atom stereocenters. The van der Waals surface area contributed by atoms with E-state index in [9.17, 15) is 0 Å². The molecule has 0 aliphatic carbocycles. The average Bonchev–Trinajstić information content (AvgIpc) is 2.94. The molecule has 0 spiro atoms. The third kappa shape index (κ3) is 3.10. The number of halogens is 1. The summed E-state index contributed by atoms with van der Waals surface area (Å²) in [6, 6.07) is 10.1. The fourth-order valence-electron chi connectivity index (χ4n) is 2.27. The number of hydrogen-bond donors (Lipinski definition) is 1. The van der Waals surface area contributed by atoms with Crippen LogP contribution in [-0.4, -0.2) is 12.1 Å². The maximum absolute atomic E-state index is 6.33. The molecule has 0 aliphatic heterocycles. The Morgan fingerprint density at radius 2 is 2.19 bits per heavy atom. The third-order valence-electron chi connectivity index (χ3n) is 3.42. The highest BCUT2D eigenvalue weighted by molar-refractivity contribution is 9.10. The lowest BCUT2D eigenvalue weighted by Gasteiger charge is -2.13. The maximum atomic E-state index is 6.33. The number of thiophene rings is 1. The highest BCUT2D eigenvalue weighted by atomic mass is 79.9. The highest BCUT2D eigenvalue weighted by Gasteiger charge is 2.10. The van der Waals surface area contributed by atoms with Crippen molar-refractivity contribution in [3.63, 3.8) is 0 Å². The minimum absolute atomic E-state index is 0.0655. The van der Waals surface area contributed by atoms with Crippen molar-refractivity contribution < 1.29 is 4.74 Å². The minimum Gasteiger partial charge on any atom is -0.496 e. The quantitative estimate of drug-likeness (QED) is 0.752. The summed E-state index contributed by atoms with van der Waals surface area (Å²) in [6.07, 6.45) is 2.64. The summed E-state index contributed by atoms with van der Waals surface area (Å²) in [7, 11) is 1.66. The number of ether oxygens (including phenoxy) is 1. The summed E-state index contributed by atoms with van der Waals surface area (Å²) in [5.74, 6) is 0.828. The minimum atomic E-state index is -0.0655. The van der Waals surface area contributed by atoms with Gasteiger partial charge in [0, 0.05) is 12.2 Å². The molecule has 108 valence electrons. The van der Waals surface area contributed by atoms with E-state index in [1.165, 1.54) is 10.3 Å². The molecule has 1 aromatic carbocycles. The lowest BCUT2D eigenvalue weighted by atomic mass is 10.0. The Morgan fingerprint density at radius 1 is 1.33 bits per heavy atom. The van der Waals surface area contributed by atoms with Gasteiger partial charge in [0.1, 0.15) is 5.75 Å². The number of fused-ring (bicyclic) bond motifs is 1. The Balaban J connectivity index is 1.81. The smallest absolute Gasteiger partial charge is 0.133 e. The van der Waals surface area contributed by atoms with E-state index in [2.05, 4.69) is 33.0 Å². The van der Waals surface area contributed by atoms with E-state index >= 15 is 0 Å². The van der Waals surface area contributed by atoms with Crippen molar-refractivity contribution in [3.8, 4) is 5.75 Å². The molecule has 0 bridgehead atoms. The zero-order valence-electron chi connectivity index (χ0n) is 11.5. The van der Waals surface area contributed by atoms with Crippen LogP contribution in [0, 0.1) is 0 Å². The van der Waals surface area contributed by atoms with Crippen molar-refractivity contribution in [2.75, 3.05) is 7.11 Å². The number of pyridine rings is 1. The summed E-state index contributed by atoms with van der Waals surface area (Å²) in [4.78, 5) is 4.45. The molecule has 2 N–H and O–H groups in total. The van der Waals surface area contributed by atoms with Gasteiger partial charge in [-0.15, -0.1) is 11.3 Å². The predicted molar refractivity (Wildman–Crippen MR) is 90.9 cm³/mol. The van der Waals surface area contributed by atoms with Gasteiger partial charge < -0.3 is 10.5 Å². The molecule has 0 aliphatic rings. The molecule has 5 heteroatoms. The molecule has 0 fully saturated rings. The zero-order chi connectivity index (χ0) is 14.8. The van der Waals surface area contributed by atoms with Crippen LogP contribution in [0.5, 0.6) is 5.75 Å². The summed E-state index contributed by atoms with van der Waals surface area (Å²) in [5.41, 5.74) is 9.59. The fraction of sp³-hybridized carbons (Fsp3) is 0.188. The van der Waals surface area contributed by atoms with E-state index in [1.807, 2.05) is 29.8 Å². The Labute approximate surface area is 135 Å². The van der Waals surface area contributed by atoms with Gasteiger partial charge in [-0.1, -0.05) is 6.07 Å². The van der Waals surface area contributed by atoms with Crippen LogP contribution < -0.4 is 10.5 Å². The molecule has 1 atom stereocenters. The van der Waals surface area contributed by atoms with Gasteiger partial charge >= 0.3 is 0 Å². The molecule has 0 radical (unpaired) electrons.